The van der Waals surface area contributed by atoms with Crippen LogP contribution < -0.4 is 10.6 Å². The van der Waals surface area contributed by atoms with Gasteiger partial charge in [0.2, 0.25) is 5.91 Å². The zero-order chi connectivity index (χ0) is 19.6. The van der Waals surface area contributed by atoms with E-state index < -0.39 is 17.8 Å². The highest BCUT2D eigenvalue weighted by molar-refractivity contribution is 7.22. The molecule has 1 aromatic heterocycles. The Bertz CT molecular complexity index is 1000. The molecule has 2 amide bonds. The van der Waals surface area contributed by atoms with Gasteiger partial charge in [0.05, 0.1) is 15.8 Å². The fourth-order valence-electron chi connectivity index (χ4n) is 2.67. The van der Waals surface area contributed by atoms with Crippen molar-refractivity contribution in [1.82, 2.24) is 10.3 Å². The molecule has 0 radical (unpaired) electrons. The van der Waals surface area contributed by atoms with E-state index in [4.69, 9.17) is 0 Å². The van der Waals surface area contributed by atoms with Gasteiger partial charge in [-0.25, -0.2) is 9.37 Å². The molecule has 1 unspecified atom stereocenters. The molecule has 1 atom stereocenters. The first kappa shape index (κ1) is 19.0. The highest BCUT2D eigenvalue weighted by Crippen LogP contribution is 2.27. The van der Waals surface area contributed by atoms with Gasteiger partial charge in [0.15, 0.2) is 5.13 Å². The minimum absolute atomic E-state index is 0.0913. The number of nitrogens with zero attached hydrogens (tertiary/aromatic N) is 1. The summed E-state index contributed by atoms with van der Waals surface area (Å²) in [6, 6.07) is 10.7. The van der Waals surface area contributed by atoms with Crippen LogP contribution >= 0.6 is 11.3 Å². The largest absolute Gasteiger partial charge is 0.340 e. The number of carbonyl (C=O) groups excluding carboxylic acids is 2. The maximum atomic E-state index is 13.8. The molecule has 0 bridgehead atoms. The molecule has 0 fully saturated rings. The molecule has 0 saturated heterocycles. The van der Waals surface area contributed by atoms with Crippen molar-refractivity contribution < 1.29 is 14.0 Å². The van der Waals surface area contributed by atoms with E-state index in [9.17, 15) is 14.0 Å². The maximum absolute atomic E-state index is 13.8. The number of hydrogen-bond donors (Lipinski definition) is 2. The molecule has 1 heterocycles. The summed E-state index contributed by atoms with van der Waals surface area (Å²) >= 11 is 1.37. The van der Waals surface area contributed by atoms with Gasteiger partial charge in [-0.2, -0.15) is 0 Å². The van der Waals surface area contributed by atoms with Gasteiger partial charge in [-0.3, -0.25) is 9.59 Å². The lowest BCUT2D eigenvalue weighted by molar-refractivity contribution is -0.118. The number of thiazole rings is 1. The van der Waals surface area contributed by atoms with E-state index in [2.05, 4.69) is 15.6 Å². The van der Waals surface area contributed by atoms with Crippen molar-refractivity contribution in [2.24, 2.45) is 5.92 Å². The van der Waals surface area contributed by atoms with Crippen molar-refractivity contribution in [2.75, 3.05) is 5.32 Å². The predicted octanol–water partition coefficient (Wildman–Crippen LogP) is 4.14. The van der Waals surface area contributed by atoms with Crippen LogP contribution in [0.25, 0.3) is 10.2 Å². The van der Waals surface area contributed by atoms with Gasteiger partial charge < -0.3 is 10.6 Å². The lowest BCUT2D eigenvalue weighted by atomic mass is 10.0. The molecule has 0 spiro atoms. The number of halogens is 1. The van der Waals surface area contributed by atoms with Crippen molar-refractivity contribution in [3.63, 3.8) is 0 Å². The van der Waals surface area contributed by atoms with Crippen molar-refractivity contribution in [2.45, 2.75) is 26.8 Å². The van der Waals surface area contributed by atoms with E-state index in [0.29, 0.717) is 5.13 Å². The van der Waals surface area contributed by atoms with Gasteiger partial charge in [0, 0.05) is 0 Å². The zero-order valence-corrected chi connectivity index (χ0v) is 16.1. The topological polar surface area (TPSA) is 71.1 Å². The summed E-state index contributed by atoms with van der Waals surface area (Å²) in [5.74, 6) is -1.82. The van der Waals surface area contributed by atoms with Crippen molar-refractivity contribution in [1.29, 1.82) is 0 Å². The van der Waals surface area contributed by atoms with Gasteiger partial charge >= 0.3 is 0 Å². The second-order valence-electron chi connectivity index (χ2n) is 6.65. The molecule has 0 saturated carbocycles. The number of aromatic nitrogens is 1. The molecule has 27 heavy (non-hydrogen) atoms. The molecular formula is C20H20FN3O2S. The molecule has 0 aliphatic carbocycles. The summed E-state index contributed by atoms with van der Waals surface area (Å²) < 4.78 is 14.8. The number of fused-ring (bicyclic) bond motifs is 1. The van der Waals surface area contributed by atoms with E-state index >= 15 is 0 Å². The minimum atomic E-state index is -0.814. The molecule has 5 nitrogen and oxygen atoms in total. The molecule has 0 aliphatic rings. The quantitative estimate of drug-likeness (QED) is 0.693. The Morgan fingerprint density at radius 3 is 2.59 bits per heavy atom. The van der Waals surface area contributed by atoms with E-state index in [1.807, 2.05) is 39.0 Å². The number of anilines is 1. The number of amides is 2. The molecule has 2 N–H and O–H groups in total. The van der Waals surface area contributed by atoms with Crippen LogP contribution in [0.3, 0.4) is 0 Å². The smallest absolute Gasteiger partial charge is 0.254 e. The van der Waals surface area contributed by atoms with Gasteiger partial charge in [-0.1, -0.05) is 43.4 Å². The average molecular weight is 385 g/mol. The fraction of sp³-hybridized carbons (Fsp3) is 0.250. The molecule has 140 valence electrons. The highest BCUT2D eigenvalue weighted by atomic mass is 32.1. The molecule has 2 aromatic carbocycles. The van der Waals surface area contributed by atoms with Crippen LogP contribution in [-0.4, -0.2) is 22.8 Å². The van der Waals surface area contributed by atoms with E-state index in [1.165, 1.54) is 29.5 Å². The second-order valence-corrected chi connectivity index (χ2v) is 7.69. The van der Waals surface area contributed by atoms with E-state index in [1.54, 1.807) is 6.07 Å². The van der Waals surface area contributed by atoms with Crippen LogP contribution in [0.1, 0.15) is 29.8 Å². The highest BCUT2D eigenvalue weighted by Gasteiger charge is 2.26. The molecule has 3 aromatic rings. The number of rotatable bonds is 5. The summed E-state index contributed by atoms with van der Waals surface area (Å²) in [4.78, 5) is 29.5. The van der Waals surface area contributed by atoms with Gasteiger partial charge in [0.1, 0.15) is 11.9 Å². The van der Waals surface area contributed by atoms with Crippen molar-refractivity contribution in [3.05, 3.63) is 59.4 Å². The Hall–Kier alpha value is -2.80. The van der Waals surface area contributed by atoms with Crippen LogP contribution in [0.5, 0.6) is 0 Å². The summed E-state index contributed by atoms with van der Waals surface area (Å²) in [6.07, 6.45) is 0. The predicted molar refractivity (Wildman–Crippen MR) is 105 cm³/mol. The Morgan fingerprint density at radius 2 is 1.89 bits per heavy atom. The van der Waals surface area contributed by atoms with Crippen LogP contribution in [0.2, 0.25) is 0 Å². The number of aryl methyl sites for hydroxylation is 1. The van der Waals surface area contributed by atoms with Crippen LogP contribution in [-0.2, 0) is 4.79 Å². The standard InChI is InChI=1S/C20H20FN3O2S/c1-11(2)17(23-18(25)13-6-4-5-7-14(13)21)19(26)24-20-22-15-9-8-12(3)10-16(15)27-20/h4-11,17H,1-3H3,(H,23,25)(H,22,24,26). The first-order chi connectivity index (χ1) is 12.8. The fourth-order valence-corrected chi connectivity index (χ4v) is 3.63. The Labute approximate surface area is 160 Å². The summed E-state index contributed by atoms with van der Waals surface area (Å²) in [6.45, 7) is 5.62. The number of hydrogen-bond acceptors (Lipinski definition) is 4. The monoisotopic (exact) mass is 385 g/mol. The zero-order valence-electron chi connectivity index (χ0n) is 15.2. The first-order valence-electron chi connectivity index (χ1n) is 8.58. The van der Waals surface area contributed by atoms with Crippen LogP contribution in [0.15, 0.2) is 42.5 Å². The first-order valence-corrected chi connectivity index (χ1v) is 9.40. The second kappa shape index (κ2) is 7.84. The van der Waals surface area contributed by atoms with E-state index in [-0.39, 0.29) is 17.4 Å². The molecule has 3 rings (SSSR count). The average Bonchev–Trinajstić information content (AvgIpc) is 3.00. The SMILES string of the molecule is Cc1ccc2nc(NC(=O)C(NC(=O)c3ccccc3F)C(C)C)sc2c1. The third-order valence-electron chi connectivity index (χ3n) is 4.13. The normalized spacial score (nSPS) is 12.2. The lowest BCUT2D eigenvalue weighted by Gasteiger charge is -2.21. The number of benzene rings is 2. The summed E-state index contributed by atoms with van der Waals surface area (Å²) in [5, 5.41) is 5.85. The molecular weight excluding hydrogens is 365 g/mol. The van der Waals surface area contributed by atoms with Crippen molar-refractivity contribution in [3.8, 4) is 0 Å². The van der Waals surface area contributed by atoms with Gasteiger partial charge in [-0.15, -0.1) is 0 Å². The molecule has 7 heteroatoms. The molecule has 0 aliphatic heterocycles. The van der Waals surface area contributed by atoms with Gasteiger partial charge in [-0.05, 0) is 42.7 Å². The van der Waals surface area contributed by atoms with E-state index in [0.717, 1.165) is 15.8 Å². The summed E-state index contributed by atoms with van der Waals surface area (Å²) in [5.41, 5.74) is 1.82. The minimum Gasteiger partial charge on any atom is -0.340 e. The maximum Gasteiger partial charge on any atom is 0.254 e. The van der Waals surface area contributed by atoms with Crippen LogP contribution in [0.4, 0.5) is 9.52 Å². The third kappa shape index (κ3) is 4.31. The van der Waals surface area contributed by atoms with Crippen molar-refractivity contribution >= 4 is 38.5 Å². The third-order valence-corrected chi connectivity index (χ3v) is 5.06. The lowest BCUT2D eigenvalue weighted by Crippen LogP contribution is -2.47. The Kier molecular flexibility index (Phi) is 5.51. The Balaban J connectivity index is 1.76. The van der Waals surface area contributed by atoms with Gasteiger partial charge in [0.25, 0.3) is 5.91 Å². The Morgan fingerprint density at radius 1 is 1.15 bits per heavy atom. The number of carbonyl (C=O) groups is 2. The van der Waals surface area contributed by atoms with Crippen LogP contribution in [0, 0.1) is 18.7 Å². The number of nitrogens with one attached hydrogen (secondary N) is 2. The summed E-state index contributed by atoms with van der Waals surface area (Å²) in [7, 11) is 0.